The minimum absolute atomic E-state index is 0. The number of H-pyrrole nitrogens is 1. The van der Waals surface area contributed by atoms with E-state index in [4.69, 9.17) is 0 Å². The Labute approximate surface area is 205 Å². The molecule has 5 N–H and O–H groups in total. The molecule has 1 fully saturated rings. The maximum atomic E-state index is 10.5. The molecule has 12 heteroatoms. The third-order valence-electron chi connectivity index (χ3n) is 5.40. The summed E-state index contributed by atoms with van der Waals surface area (Å²) in [4.78, 5) is 11.1. The normalized spacial score (nSPS) is 18.2. The van der Waals surface area contributed by atoms with Crippen molar-refractivity contribution < 1.29 is 10.2 Å². The number of aromatic hydroxyl groups is 1. The Kier molecular flexibility index (Phi) is 8.32. The number of aliphatic hydroxyl groups excluding tert-OH is 1. The molecule has 4 heterocycles. The standard InChI is InChI=1S/C20H22N6O2S2.2ClH/c27-10-14-5-11(3-4-21-14)7-22-20-26-19-18(30-20)25-17(29-19)15-2-1-12(6-16(15)28)13-8-23-24-9-13;;/h1-2,6,8-9,11,14,21,27-28H,3-5,7,10H2,(H,22,26)(H,23,24);2*1H/t11-,14+;;/m0../s1. The lowest BCUT2D eigenvalue weighted by Gasteiger charge is -2.29. The number of thiazole rings is 2. The van der Waals surface area contributed by atoms with E-state index in [9.17, 15) is 10.2 Å². The Hall–Kier alpha value is -1.95. The van der Waals surface area contributed by atoms with Gasteiger partial charge in [-0.1, -0.05) is 28.7 Å². The van der Waals surface area contributed by atoms with E-state index in [1.54, 1.807) is 18.5 Å². The molecule has 32 heavy (non-hydrogen) atoms. The van der Waals surface area contributed by atoms with Gasteiger partial charge in [0.1, 0.15) is 10.8 Å². The van der Waals surface area contributed by atoms with Gasteiger partial charge in [0.15, 0.2) is 14.8 Å². The molecular formula is C20H24Cl2N6O2S2. The fourth-order valence-electron chi connectivity index (χ4n) is 3.78. The molecule has 0 aliphatic carbocycles. The first-order valence-electron chi connectivity index (χ1n) is 9.87. The van der Waals surface area contributed by atoms with Crippen LogP contribution in [0.2, 0.25) is 0 Å². The highest BCUT2D eigenvalue weighted by Gasteiger charge is 2.21. The van der Waals surface area contributed by atoms with Crippen LogP contribution in [0.4, 0.5) is 5.13 Å². The maximum absolute atomic E-state index is 10.5. The van der Waals surface area contributed by atoms with Crippen molar-refractivity contribution >= 4 is 62.3 Å². The number of benzene rings is 1. The van der Waals surface area contributed by atoms with Crippen LogP contribution >= 0.6 is 47.5 Å². The topological polar surface area (TPSA) is 119 Å². The number of aliphatic hydroxyl groups is 1. The maximum Gasteiger partial charge on any atom is 0.186 e. The first-order chi connectivity index (χ1) is 14.7. The zero-order valence-electron chi connectivity index (χ0n) is 16.9. The lowest BCUT2D eigenvalue weighted by molar-refractivity contribution is 0.195. The number of phenols is 1. The zero-order valence-corrected chi connectivity index (χ0v) is 20.2. The van der Waals surface area contributed by atoms with Crippen molar-refractivity contribution in [2.24, 2.45) is 5.92 Å². The summed E-state index contributed by atoms with van der Waals surface area (Å²) in [6, 6.07) is 5.76. The molecule has 3 aromatic heterocycles. The molecule has 0 bridgehead atoms. The van der Waals surface area contributed by atoms with Crippen molar-refractivity contribution in [2.45, 2.75) is 18.9 Å². The third-order valence-corrected chi connectivity index (χ3v) is 7.42. The number of fused-ring (bicyclic) bond motifs is 1. The molecule has 1 aromatic carbocycles. The quantitative estimate of drug-likeness (QED) is 0.262. The van der Waals surface area contributed by atoms with Crippen LogP contribution in [-0.4, -0.2) is 56.1 Å². The third kappa shape index (κ3) is 5.16. The van der Waals surface area contributed by atoms with Crippen molar-refractivity contribution in [3.05, 3.63) is 30.6 Å². The SMILES string of the molecule is Cl.Cl.OC[C@H]1C[C@@H](CNc2nc3sc(-c4ccc(-c5cn[nH]c5)cc4O)nc3s2)CCN1. The summed E-state index contributed by atoms with van der Waals surface area (Å²) in [5.41, 5.74) is 2.53. The number of aromatic nitrogens is 4. The molecule has 5 rings (SSSR count). The summed E-state index contributed by atoms with van der Waals surface area (Å²) in [7, 11) is 0. The lowest BCUT2D eigenvalue weighted by Crippen LogP contribution is -2.42. The van der Waals surface area contributed by atoms with Gasteiger partial charge < -0.3 is 20.8 Å². The lowest BCUT2D eigenvalue weighted by atomic mass is 9.93. The number of piperidine rings is 1. The van der Waals surface area contributed by atoms with Crippen molar-refractivity contribution in [3.8, 4) is 27.4 Å². The minimum atomic E-state index is 0. The Morgan fingerprint density at radius 2 is 1.97 bits per heavy atom. The monoisotopic (exact) mass is 514 g/mol. The predicted octanol–water partition coefficient (Wildman–Crippen LogP) is 4.13. The van der Waals surface area contributed by atoms with Gasteiger partial charge in [-0.15, -0.1) is 24.8 Å². The highest BCUT2D eigenvalue weighted by Crippen LogP contribution is 2.39. The molecule has 0 unspecified atom stereocenters. The number of hydrogen-bond donors (Lipinski definition) is 5. The van der Waals surface area contributed by atoms with Gasteiger partial charge in [-0.05, 0) is 43.0 Å². The number of anilines is 1. The number of phenolic OH excluding ortho intramolecular Hbond substituents is 1. The van der Waals surface area contributed by atoms with Crippen molar-refractivity contribution in [1.82, 2.24) is 25.5 Å². The van der Waals surface area contributed by atoms with Crippen LogP contribution in [0, 0.1) is 5.92 Å². The molecule has 0 spiro atoms. The summed E-state index contributed by atoms with van der Waals surface area (Å²) in [5, 5.41) is 35.0. The highest BCUT2D eigenvalue weighted by atomic mass is 35.5. The van der Waals surface area contributed by atoms with Crippen LogP contribution in [-0.2, 0) is 0 Å². The fourth-order valence-corrected chi connectivity index (χ4v) is 5.77. The van der Waals surface area contributed by atoms with Gasteiger partial charge >= 0.3 is 0 Å². The van der Waals surface area contributed by atoms with E-state index in [2.05, 4.69) is 30.8 Å². The number of nitrogens with zero attached hydrogens (tertiary/aromatic N) is 3. The molecule has 8 nitrogen and oxygen atoms in total. The smallest absolute Gasteiger partial charge is 0.186 e. The number of halogens is 2. The van der Waals surface area contributed by atoms with Gasteiger partial charge in [-0.25, -0.2) is 9.97 Å². The molecular weight excluding hydrogens is 491 g/mol. The largest absolute Gasteiger partial charge is 0.507 e. The van der Waals surface area contributed by atoms with Gasteiger partial charge in [0, 0.05) is 24.3 Å². The molecule has 2 atom stereocenters. The van der Waals surface area contributed by atoms with E-state index in [0.717, 1.165) is 56.9 Å². The Bertz CT molecular complexity index is 1120. The molecule has 4 aromatic rings. The molecule has 1 saturated heterocycles. The molecule has 1 aliphatic heterocycles. The second-order valence-electron chi connectivity index (χ2n) is 7.47. The summed E-state index contributed by atoms with van der Waals surface area (Å²) in [6.07, 6.45) is 5.58. The van der Waals surface area contributed by atoms with Gasteiger partial charge in [-0.2, -0.15) is 5.10 Å². The second-order valence-corrected chi connectivity index (χ2v) is 9.43. The van der Waals surface area contributed by atoms with E-state index in [0.29, 0.717) is 11.5 Å². The molecule has 0 saturated carbocycles. The summed E-state index contributed by atoms with van der Waals surface area (Å²) in [6.45, 7) is 1.98. The van der Waals surface area contributed by atoms with E-state index >= 15 is 0 Å². The summed E-state index contributed by atoms with van der Waals surface area (Å²) in [5.74, 6) is 0.720. The second kappa shape index (κ2) is 10.8. The van der Waals surface area contributed by atoms with E-state index in [1.807, 2.05) is 12.1 Å². The number of aromatic amines is 1. The number of hydrogen-bond acceptors (Lipinski definition) is 9. The first-order valence-corrected chi connectivity index (χ1v) is 11.5. The van der Waals surface area contributed by atoms with Crippen LogP contribution < -0.4 is 10.6 Å². The van der Waals surface area contributed by atoms with Gasteiger partial charge in [0.2, 0.25) is 0 Å². The zero-order chi connectivity index (χ0) is 20.5. The van der Waals surface area contributed by atoms with E-state index < -0.39 is 0 Å². The van der Waals surface area contributed by atoms with Crippen molar-refractivity contribution in [2.75, 3.05) is 25.0 Å². The van der Waals surface area contributed by atoms with E-state index in [1.165, 1.54) is 22.7 Å². The van der Waals surface area contributed by atoms with Crippen LogP contribution in [0.1, 0.15) is 12.8 Å². The minimum Gasteiger partial charge on any atom is -0.507 e. The van der Waals surface area contributed by atoms with Crippen molar-refractivity contribution in [1.29, 1.82) is 0 Å². The molecule has 1 aliphatic rings. The first kappa shape index (κ1) is 24.7. The van der Waals surface area contributed by atoms with Crippen LogP contribution in [0.5, 0.6) is 5.75 Å². The highest BCUT2D eigenvalue weighted by molar-refractivity contribution is 7.29. The van der Waals surface area contributed by atoms with E-state index in [-0.39, 0.29) is 43.2 Å². The fraction of sp³-hybridized carbons (Fsp3) is 0.350. The molecule has 0 radical (unpaired) electrons. The molecule has 0 amide bonds. The number of nitrogens with one attached hydrogen (secondary N) is 3. The average Bonchev–Trinajstić information content (AvgIpc) is 3.49. The van der Waals surface area contributed by atoms with Crippen LogP contribution in [0.15, 0.2) is 30.6 Å². The van der Waals surface area contributed by atoms with Crippen molar-refractivity contribution in [3.63, 3.8) is 0 Å². The Balaban J connectivity index is 0.00000144. The predicted molar refractivity (Wildman–Crippen MR) is 135 cm³/mol. The van der Waals surface area contributed by atoms with Gasteiger partial charge in [0.25, 0.3) is 0 Å². The Morgan fingerprint density at radius 3 is 2.69 bits per heavy atom. The summed E-state index contributed by atoms with van der Waals surface area (Å²) >= 11 is 3.01. The average molecular weight is 515 g/mol. The molecule has 172 valence electrons. The van der Waals surface area contributed by atoms with Crippen LogP contribution in [0.3, 0.4) is 0 Å². The summed E-state index contributed by atoms with van der Waals surface area (Å²) < 4.78 is 0. The Morgan fingerprint density at radius 1 is 1.12 bits per heavy atom. The van der Waals surface area contributed by atoms with Crippen LogP contribution in [0.25, 0.3) is 31.4 Å². The van der Waals surface area contributed by atoms with Gasteiger partial charge in [0.05, 0.1) is 18.4 Å². The number of rotatable bonds is 6. The van der Waals surface area contributed by atoms with Gasteiger partial charge in [-0.3, -0.25) is 5.10 Å².